The maximum atomic E-state index is 12.3. The van der Waals surface area contributed by atoms with Crippen LogP contribution < -0.4 is 5.32 Å². The molecule has 3 rings (SSSR count). The molecule has 3 aromatic rings. The fourth-order valence-corrected chi connectivity index (χ4v) is 3.17. The number of aryl methyl sites for hydroxylation is 2. The largest absolute Gasteiger partial charge is 0.467 e. The summed E-state index contributed by atoms with van der Waals surface area (Å²) in [6.07, 6.45) is 1.61. The number of carbonyl (C=O) groups is 1. The number of rotatable bonds is 7. The van der Waals surface area contributed by atoms with Crippen LogP contribution in [0.25, 0.3) is 0 Å². The summed E-state index contributed by atoms with van der Waals surface area (Å²) in [6, 6.07) is 9.84. The Morgan fingerprint density at radius 1 is 1.31 bits per heavy atom. The molecule has 0 aliphatic rings. The van der Waals surface area contributed by atoms with Gasteiger partial charge in [0, 0.05) is 0 Å². The van der Waals surface area contributed by atoms with Crippen LogP contribution in [0.1, 0.15) is 35.4 Å². The SMILES string of the molecule is Cc1ccc(C(C)NC(=O)CSc2nnnn2Cc2ccco2)cc1C. The van der Waals surface area contributed by atoms with Gasteiger partial charge in [0.15, 0.2) is 0 Å². The third-order valence-corrected chi connectivity index (χ3v) is 5.08. The lowest BCUT2D eigenvalue weighted by atomic mass is 10.0. The zero-order chi connectivity index (χ0) is 18.5. The molecule has 1 N–H and O–H groups in total. The van der Waals surface area contributed by atoms with E-state index in [-0.39, 0.29) is 17.7 Å². The van der Waals surface area contributed by atoms with Crippen molar-refractivity contribution in [1.82, 2.24) is 25.5 Å². The molecule has 1 aromatic carbocycles. The first-order chi connectivity index (χ1) is 12.5. The topological polar surface area (TPSA) is 85.8 Å². The van der Waals surface area contributed by atoms with Gasteiger partial charge < -0.3 is 9.73 Å². The van der Waals surface area contributed by atoms with Crippen molar-refractivity contribution in [2.45, 2.75) is 38.5 Å². The van der Waals surface area contributed by atoms with E-state index >= 15 is 0 Å². The lowest BCUT2D eigenvalue weighted by molar-refractivity contribution is -0.119. The lowest BCUT2D eigenvalue weighted by Crippen LogP contribution is -2.28. The zero-order valence-corrected chi connectivity index (χ0v) is 15.8. The van der Waals surface area contributed by atoms with Crippen molar-refractivity contribution in [2.24, 2.45) is 0 Å². The van der Waals surface area contributed by atoms with Crippen molar-refractivity contribution in [2.75, 3.05) is 5.75 Å². The Bertz CT molecular complexity index is 876. The summed E-state index contributed by atoms with van der Waals surface area (Å²) in [6.45, 7) is 6.56. The minimum atomic E-state index is -0.0618. The Morgan fingerprint density at radius 3 is 2.88 bits per heavy atom. The highest BCUT2D eigenvalue weighted by Crippen LogP contribution is 2.18. The van der Waals surface area contributed by atoms with Gasteiger partial charge >= 0.3 is 0 Å². The number of carbonyl (C=O) groups excluding carboxylic acids is 1. The van der Waals surface area contributed by atoms with E-state index in [1.54, 1.807) is 10.9 Å². The molecule has 26 heavy (non-hydrogen) atoms. The third kappa shape index (κ3) is 4.51. The summed E-state index contributed by atoms with van der Waals surface area (Å²) < 4.78 is 6.92. The second kappa shape index (κ2) is 8.18. The number of benzene rings is 1. The highest BCUT2D eigenvalue weighted by atomic mass is 32.2. The molecule has 0 saturated heterocycles. The normalized spacial score (nSPS) is 12.1. The Hall–Kier alpha value is -2.61. The van der Waals surface area contributed by atoms with Gasteiger partial charge in [0.25, 0.3) is 0 Å². The van der Waals surface area contributed by atoms with E-state index in [2.05, 4.69) is 46.8 Å². The van der Waals surface area contributed by atoms with E-state index in [4.69, 9.17) is 4.42 Å². The summed E-state index contributed by atoms with van der Waals surface area (Å²) in [7, 11) is 0. The Morgan fingerprint density at radius 2 is 2.15 bits per heavy atom. The van der Waals surface area contributed by atoms with Crippen LogP contribution in [0.15, 0.2) is 46.2 Å². The molecule has 2 heterocycles. The summed E-state index contributed by atoms with van der Waals surface area (Å²) in [5.74, 6) is 0.938. The molecule has 136 valence electrons. The maximum absolute atomic E-state index is 12.3. The molecule has 0 fully saturated rings. The van der Waals surface area contributed by atoms with Crippen molar-refractivity contribution >= 4 is 17.7 Å². The first-order valence-corrected chi connectivity index (χ1v) is 9.29. The molecule has 1 amide bonds. The number of nitrogens with zero attached hydrogens (tertiary/aromatic N) is 4. The van der Waals surface area contributed by atoms with Crippen LogP contribution in [0.4, 0.5) is 0 Å². The summed E-state index contributed by atoms with van der Waals surface area (Å²) in [4.78, 5) is 12.3. The van der Waals surface area contributed by atoms with Crippen molar-refractivity contribution in [3.05, 3.63) is 59.0 Å². The third-order valence-electron chi connectivity index (χ3n) is 4.13. The molecule has 8 heteroatoms. The predicted octanol–water partition coefficient (Wildman–Crippen LogP) is 2.90. The van der Waals surface area contributed by atoms with E-state index in [1.165, 1.54) is 22.9 Å². The van der Waals surface area contributed by atoms with E-state index in [0.717, 1.165) is 11.3 Å². The van der Waals surface area contributed by atoms with Crippen molar-refractivity contribution < 1.29 is 9.21 Å². The van der Waals surface area contributed by atoms with E-state index < -0.39 is 0 Å². The second-order valence-electron chi connectivity index (χ2n) is 6.12. The zero-order valence-electron chi connectivity index (χ0n) is 15.0. The van der Waals surface area contributed by atoms with Crippen LogP contribution >= 0.6 is 11.8 Å². The molecular formula is C18H21N5O2S. The van der Waals surface area contributed by atoms with Crippen LogP contribution in [0, 0.1) is 13.8 Å². The van der Waals surface area contributed by atoms with E-state index in [9.17, 15) is 4.79 Å². The van der Waals surface area contributed by atoms with Gasteiger partial charge in [0.05, 0.1) is 18.1 Å². The number of nitrogens with one attached hydrogen (secondary N) is 1. The first-order valence-electron chi connectivity index (χ1n) is 8.31. The number of hydrogen-bond acceptors (Lipinski definition) is 6. The molecule has 0 bridgehead atoms. The molecular weight excluding hydrogens is 350 g/mol. The molecule has 1 atom stereocenters. The monoisotopic (exact) mass is 371 g/mol. The van der Waals surface area contributed by atoms with Crippen LogP contribution in [0.2, 0.25) is 0 Å². The van der Waals surface area contributed by atoms with Crippen LogP contribution in [-0.2, 0) is 11.3 Å². The van der Waals surface area contributed by atoms with Crippen molar-refractivity contribution in [3.63, 3.8) is 0 Å². The number of furan rings is 1. The maximum Gasteiger partial charge on any atom is 0.230 e. The molecule has 0 radical (unpaired) electrons. The first kappa shape index (κ1) is 18.2. The molecule has 0 saturated carbocycles. The minimum absolute atomic E-state index is 0.0542. The summed E-state index contributed by atoms with van der Waals surface area (Å²) in [5.41, 5.74) is 3.55. The van der Waals surface area contributed by atoms with Gasteiger partial charge in [-0.15, -0.1) is 5.10 Å². The Labute approximate surface area is 156 Å². The van der Waals surface area contributed by atoms with Gasteiger partial charge in [0.2, 0.25) is 11.1 Å². The number of aromatic nitrogens is 4. The Balaban J connectivity index is 1.54. The molecule has 0 aliphatic carbocycles. The highest BCUT2D eigenvalue weighted by Gasteiger charge is 2.14. The number of amides is 1. The predicted molar refractivity (Wildman–Crippen MR) is 98.8 cm³/mol. The molecule has 0 spiro atoms. The molecule has 2 aromatic heterocycles. The Kier molecular flexibility index (Phi) is 5.72. The highest BCUT2D eigenvalue weighted by molar-refractivity contribution is 7.99. The van der Waals surface area contributed by atoms with Gasteiger partial charge in [-0.2, -0.15) is 0 Å². The van der Waals surface area contributed by atoms with Crippen LogP contribution in [0.5, 0.6) is 0 Å². The number of hydrogen-bond donors (Lipinski definition) is 1. The smallest absolute Gasteiger partial charge is 0.230 e. The van der Waals surface area contributed by atoms with Crippen molar-refractivity contribution in [3.8, 4) is 0 Å². The lowest BCUT2D eigenvalue weighted by Gasteiger charge is -2.15. The quantitative estimate of drug-likeness (QED) is 0.643. The average Bonchev–Trinajstić information content (AvgIpc) is 3.28. The van der Waals surface area contributed by atoms with E-state index in [0.29, 0.717) is 11.7 Å². The van der Waals surface area contributed by atoms with Gasteiger partial charge in [-0.25, -0.2) is 4.68 Å². The molecule has 1 unspecified atom stereocenters. The van der Waals surface area contributed by atoms with Gasteiger partial charge in [-0.05, 0) is 60.0 Å². The van der Waals surface area contributed by atoms with Crippen LogP contribution in [-0.4, -0.2) is 31.9 Å². The van der Waals surface area contributed by atoms with Crippen LogP contribution in [0.3, 0.4) is 0 Å². The summed E-state index contributed by atoms with van der Waals surface area (Å²) >= 11 is 1.30. The fraction of sp³-hybridized carbons (Fsp3) is 0.333. The minimum Gasteiger partial charge on any atom is -0.467 e. The van der Waals surface area contributed by atoms with Gasteiger partial charge in [0.1, 0.15) is 12.3 Å². The fourth-order valence-electron chi connectivity index (χ4n) is 2.48. The van der Waals surface area contributed by atoms with Crippen molar-refractivity contribution in [1.29, 1.82) is 0 Å². The number of thioether (sulfide) groups is 1. The number of tetrazole rings is 1. The standard InChI is InChI=1S/C18H21N5O2S/c1-12-6-7-15(9-13(12)2)14(3)19-17(24)11-26-18-20-21-22-23(18)10-16-5-4-8-25-16/h4-9,14H,10-11H2,1-3H3,(H,19,24). The molecule has 7 nitrogen and oxygen atoms in total. The average molecular weight is 371 g/mol. The second-order valence-corrected chi connectivity index (χ2v) is 7.06. The van der Waals surface area contributed by atoms with E-state index in [1.807, 2.05) is 25.1 Å². The summed E-state index contributed by atoms with van der Waals surface area (Å²) in [5, 5.41) is 15.2. The van der Waals surface area contributed by atoms with Gasteiger partial charge in [-0.1, -0.05) is 30.0 Å². The molecule has 0 aliphatic heterocycles. The van der Waals surface area contributed by atoms with Gasteiger partial charge in [-0.3, -0.25) is 4.79 Å².